The molecule has 0 spiro atoms. The molecule has 1 aliphatic heterocycles. The van der Waals surface area contributed by atoms with E-state index in [1.54, 1.807) is 6.33 Å². The summed E-state index contributed by atoms with van der Waals surface area (Å²) in [6.45, 7) is 8.54. The molecule has 1 aromatic carbocycles. The maximum Gasteiger partial charge on any atom is 0.315 e. The second-order valence-electron chi connectivity index (χ2n) is 10.0. The highest BCUT2D eigenvalue weighted by atomic mass is 35.5. The lowest BCUT2D eigenvalue weighted by atomic mass is 9.99. The normalized spacial score (nSPS) is 30.2. The lowest BCUT2D eigenvalue weighted by Crippen LogP contribution is -2.36. The van der Waals surface area contributed by atoms with Crippen LogP contribution >= 0.6 is 11.6 Å². The number of nitrogens with zero attached hydrogens (tertiary/aromatic N) is 4. The molecule has 6 rings (SSSR count). The van der Waals surface area contributed by atoms with Gasteiger partial charge in [-0.05, 0) is 56.8 Å². The maximum atomic E-state index is 13.1. The first kappa shape index (κ1) is 22.7. The van der Waals surface area contributed by atoms with E-state index in [2.05, 4.69) is 39.3 Å². The van der Waals surface area contributed by atoms with E-state index in [0.29, 0.717) is 36.6 Å². The molecule has 1 N–H and O–H groups in total. The van der Waals surface area contributed by atoms with Crippen LogP contribution in [0, 0.1) is 18.3 Å². The van der Waals surface area contributed by atoms with Crippen LogP contribution in [0.4, 0.5) is 5.82 Å². The van der Waals surface area contributed by atoms with Gasteiger partial charge >= 0.3 is 5.97 Å². The summed E-state index contributed by atoms with van der Waals surface area (Å²) in [5.41, 5.74) is 2.85. The van der Waals surface area contributed by atoms with Gasteiger partial charge in [0.25, 0.3) is 0 Å². The Morgan fingerprint density at radius 3 is 2.86 bits per heavy atom. The first-order chi connectivity index (χ1) is 16.7. The van der Waals surface area contributed by atoms with E-state index in [1.165, 1.54) is 5.56 Å². The zero-order chi connectivity index (χ0) is 24.5. The molecule has 3 fully saturated rings. The van der Waals surface area contributed by atoms with Gasteiger partial charge in [-0.1, -0.05) is 24.3 Å². The van der Waals surface area contributed by atoms with Crippen LogP contribution in [-0.2, 0) is 25.5 Å². The van der Waals surface area contributed by atoms with Gasteiger partial charge in [-0.15, -0.1) is 0 Å². The minimum atomic E-state index is -0.802. The number of imidazole rings is 1. The number of esters is 1. The van der Waals surface area contributed by atoms with Crippen molar-refractivity contribution in [1.82, 2.24) is 19.5 Å². The van der Waals surface area contributed by atoms with Crippen molar-refractivity contribution in [3.63, 3.8) is 0 Å². The fraction of sp³-hybridized carbons (Fsp3) is 0.520. The lowest BCUT2D eigenvalue weighted by molar-refractivity contribution is -0.172. The van der Waals surface area contributed by atoms with Gasteiger partial charge in [0, 0.05) is 12.5 Å². The molecule has 2 saturated carbocycles. The van der Waals surface area contributed by atoms with Gasteiger partial charge in [0.15, 0.2) is 22.8 Å². The number of hydrogen-bond donors (Lipinski definition) is 1. The van der Waals surface area contributed by atoms with E-state index in [0.717, 1.165) is 5.56 Å². The fourth-order valence-corrected chi connectivity index (χ4v) is 6.08. The van der Waals surface area contributed by atoms with Crippen molar-refractivity contribution in [2.24, 2.45) is 11.3 Å². The Bertz CT molecular complexity index is 1330. The summed E-state index contributed by atoms with van der Waals surface area (Å²) in [5, 5.41) is 3.49. The summed E-state index contributed by atoms with van der Waals surface area (Å²) >= 11 is 6.36. The Kier molecular flexibility index (Phi) is 5.11. The van der Waals surface area contributed by atoms with E-state index < -0.39 is 11.2 Å². The number of benzene rings is 1. The number of aryl methyl sites for hydroxylation is 1. The number of ether oxygens (including phenoxy) is 3. The van der Waals surface area contributed by atoms with Crippen LogP contribution in [0.25, 0.3) is 11.2 Å². The highest BCUT2D eigenvalue weighted by Crippen LogP contribution is 2.72. The second kappa shape index (κ2) is 7.88. The Labute approximate surface area is 208 Å². The number of carbonyl (C=O) groups is 1. The number of hydrogen-bond acceptors (Lipinski definition) is 8. The predicted molar refractivity (Wildman–Crippen MR) is 129 cm³/mol. The number of carbonyl (C=O) groups excluding carboxylic acids is 1. The summed E-state index contributed by atoms with van der Waals surface area (Å²) in [5.74, 6) is -0.458. The summed E-state index contributed by atoms with van der Waals surface area (Å²) in [6, 6.07) is 7.97. The van der Waals surface area contributed by atoms with Gasteiger partial charge in [-0.2, -0.15) is 9.97 Å². The second-order valence-corrected chi connectivity index (χ2v) is 10.4. The third-order valence-corrected chi connectivity index (χ3v) is 7.69. The van der Waals surface area contributed by atoms with Gasteiger partial charge in [0.1, 0.15) is 17.6 Å². The number of nitrogens with one attached hydrogen (secondary N) is 1. The molecule has 5 atom stereocenters. The average molecular weight is 498 g/mol. The van der Waals surface area contributed by atoms with E-state index in [1.807, 2.05) is 37.5 Å². The van der Waals surface area contributed by atoms with Crippen molar-refractivity contribution >= 4 is 34.6 Å². The number of aromatic nitrogens is 4. The Balaban J connectivity index is 1.37. The minimum absolute atomic E-state index is 0.00201. The summed E-state index contributed by atoms with van der Waals surface area (Å²) in [6.07, 6.45) is 1.70. The van der Waals surface area contributed by atoms with Gasteiger partial charge in [-0.3, -0.25) is 4.79 Å². The van der Waals surface area contributed by atoms with Crippen LogP contribution in [-0.4, -0.2) is 50.1 Å². The van der Waals surface area contributed by atoms with Crippen molar-refractivity contribution < 1.29 is 19.0 Å². The lowest BCUT2D eigenvalue weighted by Gasteiger charge is -2.24. The summed E-state index contributed by atoms with van der Waals surface area (Å²) < 4.78 is 20.0. The van der Waals surface area contributed by atoms with Gasteiger partial charge in [0.05, 0.1) is 19.0 Å². The Morgan fingerprint density at radius 1 is 1.29 bits per heavy atom. The van der Waals surface area contributed by atoms with Crippen LogP contribution in [0.15, 0.2) is 30.6 Å². The largest absolute Gasteiger partial charge is 0.465 e. The molecule has 0 bridgehead atoms. The molecule has 35 heavy (non-hydrogen) atoms. The number of halogens is 1. The standard InChI is InChI=1S/C25H28ClN5O4/c1-5-33-22(32)25-10-15(25)17(18-19(25)35-24(3,4)34-18)31-12-28-16-20(29-23(26)30-21(16)31)27-11-14-9-7-6-8-13(14)2/h6-9,12,15,17-19H,5,10-11H2,1-4H3,(H,27,29,30)/t15-,17-,18+,19+,25+/m1/s1. The number of rotatable bonds is 6. The van der Waals surface area contributed by atoms with Crippen molar-refractivity contribution in [3.05, 3.63) is 47.0 Å². The zero-order valence-electron chi connectivity index (χ0n) is 20.1. The molecule has 9 nitrogen and oxygen atoms in total. The van der Waals surface area contributed by atoms with Crippen LogP contribution < -0.4 is 5.32 Å². The molecular formula is C25H28ClN5O4. The molecule has 0 amide bonds. The predicted octanol–water partition coefficient (Wildman–Crippen LogP) is 4.04. The highest BCUT2D eigenvalue weighted by molar-refractivity contribution is 6.28. The van der Waals surface area contributed by atoms with Crippen molar-refractivity contribution in [2.75, 3.05) is 11.9 Å². The molecule has 3 aliphatic rings. The topological polar surface area (TPSA) is 100 Å². The van der Waals surface area contributed by atoms with Crippen LogP contribution in [0.5, 0.6) is 0 Å². The van der Waals surface area contributed by atoms with Crippen LogP contribution in [0.2, 0.25) is 5.28 Å². The molecule has 184 valence electrons. The quantitative estimate of drug-likeness (QED) is 0.402. The molecule has 3 heterocycles. The van der Waals surface area contributed by atoms with Gasteiger partial charge in [-0.25, -0.2) is 4.98 Å². The zero-order valence-corrected chi connectivity index (χ0v) is 20.9. The third kappa shape index (κ3) is 3.43. The fourth-order valence-electron chi connectivity index (χ4n) is 5.91. The van der Waals surface area contributed by atoms with E-state index in [9.17, 15) is 4.79 Å². The number of fused-ring (bicyclic) bond motifs is 4. The first-order valence-electron chi connectivity index (χ1n) is 12.0. The molecule has 2 aliphatic carbocycles. The average Bonchev–Trinajstić information content (AvgIpc) is 3.13. The molecule has 10 heteroatoms. The Morgan fingerprint density at radius 2 is 2.09 bits per heavy atom. The first-order valence-corrected chi connectivity index (χ1v) is 12.3. The SMILES string of the molecule is CCOC(=O)[C@@]12C[C@@H]1[C@@H](n1cnc3c(NCc4ccccc4C)nc(Cl)nc31)[C@@H]1OC(C)(C)O[C@@H]12. The third-order valence-electron chi connectivity index (χ3n) is 7.52. The van der Waals surface area contributed by atoms with Gasteiger partial charge in [0.2, 0.25) is 5.28 Å². The minimum Gasteiger partial charge on any atom is -0.465 e. The molecular weight excluding hydrogens is 470 g/mol. The van der Waals surface area contributed by atoms with E-state index in [-0.39, 0.29) is 35.4 Å². The monoisotopic (exact) mass is 497 g/mol. The van der Waals surface area contributed by atoms with Crippen LogP contribution in [0.1, 0.15) is 44.4 Å². The van der Waals surface area contributed by atoms with Crippen molar-refractivity contribution in [2.45, 2.75) is 64.7 Å². The van der Waals surface area contributed by atoms with E-state index in [4.69, 9.17) is 25.8 Å². The van der Waals surface area contributed by atoms with Crippen molar-refractivity contribution in [3.8, 4) is 0 Å². The maximum absolute atomic E-state index is 13.1. The molecule has 0 unspecified atom stereocenters. The summed E-state index contributed by atoms with van der Waals surface area (Å²) in [7, 11) is 0. The van der Waals surface area contributed by atoms with Crippen molar-refractivity contribution in [1.29, 1.82) is 0 Å². The molecule has 2 aromatic heterocycles. The van der Waals surface area contributed by atoms with Gasteiger partial charge < -0.3 is 24.1 Å². The Hall–Kier alpha value is -2.75. The molecule has 3 aromatic rings. The van der Waals surface area contributed by atoms with E-state index >= 15 is 0 Å². The van der Waals surface area contributed by atoms with Crippen LogP contribution in [0.3, 0.4) is 0 Å². The summed E-state index contributed by atoms with van der Waals surface area (Å²) in [4.78, 5) is 26.6. The molecule has 0 radical (unpaired) electrons. The highest BCUT2D eigenvalue weighted by Gasteiger charge is 2.80. The number of anilines is 1. The smallest absolute Gasteiger partial charge is 0.315 e. The molecule has 1 saturated heterocycles.